The van der Waals surface area contributed by atoms with E-state index in [1.54, 1.807) is 13.8 Å². The third kappa shape index (κ3) is 10.6. The van der Waals surface area contributed by atoms with Gasteiger partial charge in [0.05, 0.1) is 17.7 Å². The predicted molar refractivity (Wildman–Crippen MR) is 178 cm³/mol. The molecular weight excluding hydrogens is 723 g/mol. The molecule has 6 heteroatoms. The molecule has 1 aliphatic carbocycles. The predicted octanol–water partition coefficient (Wildman–Crippen LogP) is 8.25. The minimum atomic E-state index is -0.375. The first-order valence-electron chi connectivity index (χ1n) is 15.3. The van der Waals surface area contributed by atoms with E-state index < -0.39 is 0 Å². The van der Waals surface area contributed by atoms with Gasteiger partial charge >= 0.3 is 20.1 Å². The Kier molecular flexibility index (Phi) is 13.6. The largest absolute Gasteiger partial charge is 3.00 e. The van der Waals surface area contributed by atoms with E-state index in [1.807, 2.05) is 60.7 Å². The van der Waals surface area contributed by atoms with Crippen molar-refractivity contribution < 1.29 is 30.3 Å². The molecule has 5 nitrogen and oxygen atoms in total. The summed E-state index contributed by atoms with van der Waals surface area (Å²) in [6, 6.07) is 34.9. The summed E-state index contributed by atoms with van der Waals surface area (Å²) in [5.41, 5.74) is 6.14. The number of benzene rings is 3. The molecule has 3 aromatic carbocycles. The minimum absolute atomic E-state index is 0. The molecule has 2 N–H and O–H groups in total. The molecule has 0 radical (unpaired) electrons. The maximum atomic E-state index is 8.56. The Morgan fingerprint density at radius 3 is 2.11 bits per heavy atom. The zero-order valence-corrected chi connectivity index (χ0v) is 29.0. The first kappa shape index (κ1) is 35.5. The third-order valence-corrected chi connectivity index (χ3v) is 7.89. The third-order valence-electron chi connectivity index (χ3n) is 7.89. The van der Waals surface area contributed by atoms with Crippen LogP contribution in [-0.4, -0.2) is 39.4 Å². The number of allylic oxidation sites excluding steroid dienone is 1. The number of aromatic nitrogens is 1. The standard InChI is InChI=1S/C18H24N2.C15H10N.C5H12O2.Ir/c1-18(2)11-9-15(10-12-18)17-13-19(3)14-20(17)16-7-5-4-6-8-16;1-2-6-12(7-3-1)15-11-10-13-8-4-5-9-14(13)16-15;1-4(6)3-5(2)7;/h4-7,13-15H,9-12H2,1-3H3;1-6,8-11H;4-7H,3H2,1-2H3;/q-2;-1;;+3. The summed E-state index contributed by atoms with van der Waals surface area (Å²) in [5.74, 6) is 0.679. The van der Waals surface area contributed by atoms with Crippen LogP contribution in [-0.2, 0) is 20.1 Å². The van der Waals surface area contributed by atoms with E-state index in [-0.39, 0.29) is 32.3 Å². The number of rotatable bonds is 5. The van der Waals surface area contributed by atoms with Gasteiger partial charge in [0, 0.05) is 5.70 Å². The van der Waals surface area contributed by atoms with Crippen molar-refractivity contribution in [2.45, 2.75) is 72.0 Å². The van der Waals surface area contributed by atoms with E-state index in [1.165, 1.54) is 36.8 Å². The molecule has 44 heavy (non-hydrogen) atoms. The molecule has 1 aliphatic heterocycles. The number of anilines is 1. The van der Waals surface area contributed by atoms with E-state index >= 15 is 0 Å². The Balaban J connectivity index is 0.000000198. The quantitative estimate of drug-likeness (QED) is 0.201. The summed E-state index contributed by atoms with van der Waals surface area (Å²) in [7, 11) is 2.11. The summed E-state index contributed by atoms with van der Waals surface area (Å²) < 4.78 is 0. The van der Waals surface area contributed by atoms with Gasteiger partial charge in [0.15, 0.2) is 0 Å². The van der Waals surface area contributed by atoms with E-state index in [9.17, 15) is 0 Å². The van der Waals surface area contributed by atoms with Gasteiger partial charge in [0.25, 0.3) is 0 Å². The molecule has 0 saturated heterocycles. The molecule has 2 atom stereocenters. The van der Waals surface area contributed by atoms with Crippen LogP contribution in [0.5, 0.6) is 0 Å². The molecular formula is C38H46IrN3O2. The van der Waals surface area contributed by atoms with E-state index in [4.69, 9.17) is 10.2 Å². The van der Waals surface area contributed by atoms with Crippen molar-refractivity contribution in [1.29, 1.82) is 0 Å². The molecule has 0 amide bonds. The maximum absolute atomic E-state index is 8.56. The van der Waals surface area contributed by atoms with Crippen molar-refractivity contribution in [2.75, 3.05) is 11.9 Å². The van der Waals surface area contributed by atoms with Crippen LogP contribution >= 0.6 is 0 Å². The van der Waals surface area contributed by atoms with Crippen LogP contribution in [0.1, 0.15) is 59.8 Å². The molecule has 6 rings (SSSR count). The fourth-order valence-electron chi connectivity index (χ4n) is 5.55. The van der Waals surface area contributed by atoms with Crippen LogP contribution in [0.4, 0.5) is 5.69 Å². The molecule has 2 aliphatic rings. The number of aliphatic hydroxyl groups is 2. The van der Waals surface area contributed by atoms with Crippen molar-refractivity contribution in [1.82, 2.24) is 9.88 Å². The van der Waals surface area contributed by atoms with Crippen molar-refractivity contribution in [3.63, 3.8) is 0 Å². The van der Waals surface area contributed by atoms with Gasteiger partial charge in [0.2, 0.25) is 0 Å². The molecule has 4 aromatic rings. The summed E-state index contributed by atoms with van der Waals surface area (Å²) in [6.45, 7) is 10.3. The summed E-state index contributed by atoms with van der Waals surface area (Å²) in [5, 5.41) is 18.3. The van der Waals surface area contributed by atoms with Gasteiger partial charge < -0.3 is 20.0 Å². The van der Waals surface area contributed by atoms with Crippen molar-refractivity contribution in [2.24, 2.45) is 11.3 Å². The number of aliphatic hydroxyl groups excluding tert-OH is 2. The van der Waals surface area contributed by atoms with Gasteiger partial charge in [-0.2, -0.15) is 37.0 Å². The minimum Gasteiger partial charge on any atom is -0.510 e. The normalized spacial score (nSPS) is 17.3. The second-order valence-electron chi connectivity index (χ2n) is 12.5. The Morgan fingerprint density at radius 2 is 1.52 bits per heavy atom. The molecule has 1 fully saturated rings. The zero-order valence-electron chi connectivity index (χ0n) is 26.6. The van der Waals surface area contributed by atoms with Crippen LogP contribution in [0.3, 0.4) is 0 Å². The average molecular weight is 769 g/mol. The number of hydrogen-bond acceptors (Lipinski definition) is 5. The second-order valence-corrected chi connectivity index (χ2v) is 12.5. The summed E-state index contributed by atoms with van der Waals surface area (Å²) in [6.07, 6.45) is 7.24. The SMILES string of the molecule is CC(O)CC(C)O.CN1C=C(C2CCC(C)(C)CC2)N(c2[c-]cccc2)[CH-]1.[Ir+3].[c-]1ccccc1-c1ccc2ccccc2n1. The van der Waals surface area contributed by atoms with Crippen LogP contribution in [0.15, 0.2) is 96.8 Å². The van der Waals surface area contributed by atoms with E-state index in [0.717, 1.165) is 22.5 Å². The number of nitrogens with zero attached hydrogens (tertiary/aromatic N) is 3. The van der Waals surface area contributed by atoms with Crippen LogP contribution in [0, 0.1) is 30.1 Å². The van der Waals surface area contributed by atoms with Crippen LogP contribution < -0.4 is 4.90 Å². The Labute approximate surface area is 278 Å². The molecule has 0 spiro atoms. The number of fused-ring (bicyclic) bond motifs is 1. The number of pyridine rings is 1. The molecule has 1 saturated carbocycles. The van der Waals surface area contributed by atoms with Crippen LogP contribution in [0.2, 0.25) is 0 Å². The molecule has 0 bridgehead atoms. The Bertz CT molecular complexity index is 1420. The van der Waals surface area contributed by atoms with Gasteiger partial charge in [-0.15, -0.1) is 41.6 Å². The van der Waals surface area contributed by atoms with Gasteiger partial charge in [-0.25, -0.2) is 0 Å². The average Bonchev–Trinajstić information content (AvgIpc) is 3.39. The van der Waals surface area contributed by atoms with Crippen LogP contribution in [0.25, 0.3) is 22.2 Å². The second kappa shape index (κ2) is 16.9. The zero-order chi connectivity index (χ0) is 30.8. The summed E-state index contributed by atoms with van der Waals surface area (Å²) >= 11 is 0. The van der Waals surface area contributed by atoms with Gasteiger partial charge in [-0.05, 0) is 87.7 Å². The Morgan fingerprint density at radius 1 is 0.886 bits per heavy atom. The topological polar surface area (TPSA) is 59.8 Å². The number of hydrogen-bond donors (Lipinski definition) is 2. The summed E-state index contributed by atoms with van der Waals surface area (Å²) in [4.78, 5) is 9.09. The fourth-order valence-corrected chi connectivity index (χ4v) is 5.55. The first-order chi connectivity index (χ1) is 20.6. The number of para-hydroxylation sites is 2. The molecule has 2 heterocycles. The Hall–Kier alpha value is -3.02. The molecule has 1 aromatic heterocycles. The van der Waals surface area contributed by atoms with Crippen molar-refractivity contribution in [3.8, 4) is 11.3 Å². The monoisotopic (exact) mass is 769 g/mol. The smallest absolute Gasteiger partial charge is 0.510 e. The van der Waals surface area contributed by atoms with Crippen molar-refractivity contribution in [3.05, 3.63) is 116 Å². The van der Waals surface area contributed by atoms with Gasteiger partial charge in [0.1, 0.15) is 0 Å². The molecule has 234 valence electrons. The molecule has 2 unspecified atom stereocenters. The van der Waals surface area contributed by atoms with Gasteiger partial charge in [-0.3, -0.25) is 4.98 Å². The fraction of sp³-hybridized carbons (Fsp3) is 0.368. The van der Waals surface area contributed by atoms with Crippen molar-refractivity contribution >= 4 is 16.6 Å². The maximum Gasteiger partial charge on any atom is 3.00 e. The first-order valence-corrected chi connectivity index (χ1v) is 15.3. The van der Waals surface area contributed by atoms with E-state index in [2.05, 4.69) is 84.9 Å². The van der Waals surface area contributed by atoms with Gasteiger partial charge in [-0.1, -0.05) is 44.2 Å². The van der Waals surface area contributed by atoms with E-state index in [0.29, 0.717) is 17.8 Å².